The Morgan fingerprint density at radius 1 is 1.11 bits per heavy atom. The van der Waals surface area contributed by atoms with Gasteiger partial charge in [-0.05, 0) is 65.7 Å². The molecule has 1 saturated heterocycles. The lowest BCUT2D eigenvalue weighted by Gasteiger charge is -2.26. The molecule has 0 aromatic rings. The number of rotatable bonds is 11. The molecular formula is C24H37ClO3. The van der Waals surface area contributed by atoms with Crippen LogP contribution in [0, 0.1) is 11.8 Å². The minimum absolute atomic E-state index is 0.0871. The van der Waals surface area contributed by atoms with Gasteiger partial charge < -0.3 is 14.6 Å². The molecule has 0 bridgehead atoms. The molecular weight excluding hydrogens is 372 g/mol. The summed E-state index contributed by atoms with van der Waals surface area (Å²) in [4.78, 5) is 0. The van der Waals surface area contributed by atoms with Gasteiger partial charge in [-0.3, -0.25) is 0 Å². The highest BCUT2D eigenvalue weighted by Gasteiger charge is 2.18. The maximum absolute atomic E-state index is 8.89. The molecule has 0 spiro atoms. The maximum Gasteiger partial charge on any atom is 0.158 e. The maximum atomic E-state index is 8.89. The molecule has 0 aliphatic carbocycles. The molecule has 4 heteroatoms. The normalized spacial score (nSPS) is 19.9. The largest absolute Gasteiger partial charge is 0.384 e. The van der Waals surface area contributed by atoms with Crippen LogP contribution in [0.5, 0.6) is 0 Å². The summed E-state index contributed by atoms with van der Waals surface area (Å²) in [5, 5.41) is 8.89. The predicted molar refractivity (Wildman–Crippen MR) is 118 cm³/mol. The third-order valence-corrected chi connectivity index (χ3v) is 5.14. The smallest absolute Gasteiger partial charge is 0.158 e. The van der Waals surface area contributed by atoms with Crippen molar-refractivity contribution in [3.8, 4) is 11.8 Å². The van der Waals surface area contributed by atoms with Gasteiger partial charge in [0.05, 0.1) is 6.10 Å². The molecule has 0 saturated carbocycles. The first-order valence-corrected chi connectivity index (χ1v) is 11.0. The Morgan fingerprint density at radius 3 is 2.46 bits per heavy atom. The molecule has 28 heavy (non-hydrogen) atoms. The van der Waals surface area contributed by atoms with E-state index in [0.717, 1.165) is 51.6 Å². The van der Waals surface area contributed by atoms with E-state index in [1.165, 1.54) is 16.7 Å². The van der Waals surface area contributed by atoms with Gasteiger partial charge >= 0.3 is 0 Å². The molecule has 1 aliphatic rings. The highest BCUT2D eigenvalue weighted by molar-refractivity contribution is 6.19. The summed E-state index contributed by atoms with van der Waals surface area (Å²) in [6, 6.07) is 0. The zero-order valence-electron chi connectivity index (χ0n) is 17.8. The van der Waals surface area contributed by atoms with Gasteiger partial charge in [0.2, 0.25) is 0 Å². The molecule has 2 unspecified atom stereocenters. The number of hydrogen-bond donors (Lipinski definition) is 1. The van der Waals surface area contributed by atoms with E-state index in [1.54, 1.807) is 0 Å². The van der Waals surface area contributed by atoms with Crippen molar-refractivity contribution in [2.24, 2.45) is 0 Å². The third-order valence-electron chi connectivity index (χ3n) is 4.72. The minimum atomic E-state index is -0.134. The number of aliphatic hydroxyl groups excluding tert-OH is 1. The summed E-state index contributed by atoms with van der Waals surface area (Å²) >= 11 is 5.80. The van der Waals surface area contributed by atoms with E-state index in [9.17, 15) is 0 Å². The molecule has 0 radical (unpaired) electrons. The Hall–Kier alpha value is -1.05. The van der Waals surface area contributed by atoms with Crippen LogP contribution in [-0.4, -0.2) is 36.6 Å². The second-order valence-corrected chi connectivity index (χ2v) is 7.78. The second-order valence-electron chi connectivity index (χ2n) is 7.51. The lowest BCUT2D eigenvalue weighted by Crippen LogP contribution is -2.27. The Kier molecular flexibility index (Phi) is 14.1. The fraction of sp³-hybridized carbons (Fsp3) is 0.667. The van der Waals surface area contributed by atoms with Crippen LogP contribution in [0.3, 0.4) is 0 Å². The van der Waals surface area contributed by atoms with Crippen LogP contribution in [0.2, 0.25) is 0 Å². The second kappa shape index (κ2) is 15.8. The number of allylic oxidation sites excluding steroid dienone is 5. The number of halogens is 1. The lowest BCUT2D eigenvalue weighted by molar-refractivity contribution is -0.177. The van der Waals surface area contributed by atoms with Gasteiger partial charge in [0.1, 0.15) is 6.61 Å². The first-order valence-electron chi connectivity index (χ1n) is 10.4. The molecule has 0 aromatic heterocycles. The standard InChI is InChI=1S/C24H37ClO3/c1-20(11-9-13-22(3)19-25)10-8-12-21(2)18-23(14-4-6-16-26)28-24-15-5-7-17-27-24/h10,13,18,23-24,26H,5,7-9,11-12,14-17,19H2,1-3H3/b20-10+,21-18+,22-13+. The van der Waals surface area contributed by atoms with Crippen molar-refractivity contribution in [3.05, 3.63) is 34.9 Å². The molecule has 158 valence electrons. The zero-order chi connectivity index (χ0) is 20.6. The van der Waals surface area contributed by atoms with Crippen LogP contribution in [0.15, 0.2) is 34.9 Å². The Labute approximate surface area is 176 Å². The van der Waals surface area contributed by atoms with Crippen molar-refractivity contribution in [2.75, 3.05) is 19.1 Å². The Morgan fingerprint density at radius 2 is 1.82 bits per heavy atom. The van der Waals surface area contributed by atoms with Crippen LogP contribution < -0.4 is 0 Å². The SMILES string of the molecule is C/C(=C\CC/C(C)=C/CC/C(C)=C/C(CC#CCO)OC1CCCCO1)CCl. The lowest BCUT2D eigenvalue weighted by atomic mass is 10.0. The molecule has 1 fully saturated rings. The van der Waals surface area contributed by atoms with Gasteiger partial charge in [0.15, 0.2) is 6.29 Å². The van der Waals surface area contributed by atoms with Crippen LogP contribution in [0.25, 0.3) is 0 Å². The van der Waals surface area contributed by atoms with E-state index in [2.05, 4.69) is 50.8 Å². The van der Waals surface area contributed by atoms with Crippen molar-refractivity contribution in [1.82, 2.24) is 0 Å². The number of aliphatic hydroxyl groups is 1. The average Bonchev–Trinajstić information content (AvgIpc) is 2.68. The fourth-order valence-electron chi connectivity index (χ4n) is 3.04. The van der Waals surface area contributed by atoms with Gasteiger partial charge in [-0.15, -0.1) is 11.6 Å². The van der Waals surface area contributed by atoms with Crippen LogP contribution in [0.1, 0.15) is 72.1 Å². The third kappa shape index (κ3) is 12.4. The van der Waals surface area contributed by atoms with Gasteiger partial charge in [-0.1, -0.05) is 46.8 Å². The van der Waals surface area contributed by atoms with E-state index in [4.69, 9.17) is 26.2 Å². The summed E-state index contributed by atoms with van der Waals surface area (Å²) in [5.41, 5.74) is 3.96. The highest BCUT2D eigenvalue weighted by Crippen LogP contribution is 2.19. The van der Waals surface area contributed by atoms with E-state index in [1.807, 2.05) is 0 Å². The average molecular weight is 409 g/mol. The zero-order valence-corrected chi connectivity index (χ0v) is 18.6. The number of hydrogen-bond acceptors (Lipinski definition) is 3. The Bertz CT molecular complexity index is 574. The van der Waals surface area contributed by atoms with Crippen molar-refractivity contribution in [3.63, 3.8) is 0 Å². The van der Waals surface area contributed by atoms with E-state index in [-0.39, 0.29) is 19.0 Å². The van der Waals surface area contributed by atoms with Gasteiger partial charge in [0.25, 0.3) is 0 Å². The van der Waals surface area contributed by atoms with Crippen molar-refractivity contribution < 1.29 is 14.6 Å². The van der Waals surface area contributed by atoms with E-state index < -0.39 is 0 Å². The summed E-state index contributed by atoms with van der Waals surface area (Å²) in [7, 11) is 0. The van der Waals surface area contributed by atoms with E-state index >= 15 is 0 Å². The first-order chi connectivity index (χ1) is 13.5. The van der Waals surface area contributed by atoms with Crippen LogP contribution in [-0.2, 0) is 9.47 Å². The molecule has 0 aromatic carbocycles. The molecule has 0 amide bonds. The molecule has 1 heterocycles. The molecule has 1 aliphatic heterocycles. The summed E-state index contributed by atoms with van der Waals surface area (Å²) in [5.74, 6) is 6.32. The van der Waals surface area contributed by atoms with Crippen LogP contribution in [0.4, 0.5) is 0 Å². The summed E-state index contributed by atoms with van der Waals surface area (Å²) in [6.45, 7) is 7.07. The topological polar surface area (TPSA) is 38.7 Å². The first kappa shape index (κ1) is 25.0. The van der Waals surface area contributed by atoms with Gasteiger partial charge in [-0.2, -0.15) is 0 Å². The minimum Gasteiger partial charge on any atom is -0.384 e. The molecule has 1 rings (SSSR count). The highest BCUT2D eigenvalue weighted by atomic mass is 35.5. The number of ether oxygens (including phenoxy) is 2. The van der Waals surface area contributed by atoms with Gasteiger partial charge in [0, 0.05) is 18.9 Å². The van der Waals surface area contributed by atoms with E-state index in [0.29, 0.717) is 12.3 Å². The fourth-order valence-corrected chi connectivity index (χ4v) is 3.15. The van der Waals surface area contributed by atoms with Crippen molar-refractivity contribution >= 4 is 11.6 Å². The molecule has 3 nitrogen and oxygen atoms in total. The number of alkyl halides is 1. The molecule has 1 N–H and O–H groups in total. The monoisotopic (exact) mass is 408 g/mol. The van der Waals surface area contributed by atoms with Crippen molar-refractivity contribution in [2.45, 2.75) is 84.5 Å². The Balaban J connectivity index is 2.50. The summed E-state index contributed by atoms with van der Waals surface area (Å²) in [6.07, 6.45) is 14.4. The van der Waals surface area contributed by atoms with Crippen molar-refractivity contribution in [1.29, 1.82) is 0 Å². The van der Waals surface area contributed by atoms with Gasteiger partial charge in [-0.25, -0.2) is 0 Å². The predicted octanol–water partition coefficient (Wildman–Crippen LogP) is 5.92. The summed E-state index contributed by atoms with van der Waals surface area (Å²) < 4.78 is 11.8. The van der Waals surface area contributed by atoms with Crippen LogP contribution >= 0.6 is 11.6 Å². The quantitative estimate of drug-likeness (QED) is 0.262. The molecule has 2 atom stereocenters.